The number of nitrogens with zero attached hydrogens (tertiary/aromatic N) is 1. The molecule has 1 aromatic rings. The third-order valence-electron chi connectivity index (χ3n) is 2.75. The lowest BCUT2D eigenvalue weighted by atomic mass is 9.94. The summed E-state index contributed by atoms with van der Waals surface area (Å²) in [7, 11) is 0. The van der Waals surface area contributed by atoms with Gasteiger partial charge in [0.2, 0.25) is 0 Å². The maximum atomic E-state index is 11.5. The molecular weight excluding hydrogens is 192 g/mol. The summed E-state index contributed by atoms with van der Waals surface area (Å²) in [5, 5.41) is 9.11. The van der Waals surface area contributed by atoms with Crippen LogP contribution in [0.5, 0.6) is 0 Å². The first kappa shape index (κ1) is 11.7. The highest BCUT2D eigenvalue weighted by atomic mass is 16.1. The Morgan fingerprint density at radius 3 is 2.73 bits per heavy atom. The minimum absolute atomic E-state index is 0.163. The normalized spacial score (nSPS) is 11.4. The van der Waals surface area contributed by atoms with Crippen LogP contribution in [0.4, 0.5) is 0 Å². The lowest BCUT2D eigenvalue weighted by molar-refractivity contribution is 0.0937. The number of carbonyl (C=O) groups excluding carboxylic acids is 1. The Morgan fingerprint density at radius 2 is 2.27 bits per heavy atom. The van der Waals surface area contributed by atoms with E-state index >= 15 is 0 Å². The second kappa shape index (κ2) is 4.93. The summed E-state index contributed by atoms with van der Waals surface area (Å²) < 4.78 is 0. The van der Waals surface area contributed by atoms with Crippen LogP contribution < -0.4 is 11.1 Å². The number of nitrogens with one attached hydrogen (secondary N) is 2. The van der Waals surface area contributed by atoms with Crippen molar-refractivity contribution in [2.45, 2.75) is 32.2 Å². The van der Waals surface area contributed by atoms with Gasteiger partial charge in [-0.25, -0.2) is 0 Å². The van der Waals surface area contributed by atoms with Crippen molar-refractivity contribution >= 4 is 5.91 Å². The summed E-state index contributed by atoms with van der Waals surface area (Å²) in [5.74, 6) is -0.163. The van der Waals surface area contributed by atoms with Gasteiger partial charge in [0.05, 0.1) is 0 Å². The number of H-pyrrole nitrogens is 1. The highest BCUT2D eigenvalue weighted by Crippen LogP contribution is 2.09. The molecule has 0 aliphatic rings. The number of hydrogen-bond donors (Lipinski definition) is 3. The van der Waals surface area contributed by atoms with Crippen molar-refractivity contribution in [3.63, 3.8) is 0 Å². The molecule has 4 N–H and O–H groups in total. The molecule has 0 saturated carbocycles. The Kier molecular flexibility index (Phi) is 3.85. The smallest absolute Gasteiger partial charge is 0.269 e. The zero-order chi connectivity index (χ0) is 11.3. The van der Waals surface area contributed by atoms with E-state index in [4.69, 9.17) is 5.73 Å². The molecule has 0 fully saturated rings. The van der Waals surface area contributed by atoms with Crippen molar-refractivity contribution in [3.8, 4) is 0 Å². The summed E-state index contributed by atoms with van der Waals surface area (Å²) in [6, 6.07) is 1.63. The number of aromatic nitrogens is 2. The molecular formula is C10H18N4O. The Labute approximate surface area is 89.4 Å². The first-order valence-corrected chi connectivity index (χ1v) is 5.18. The third kappa shape index (κ3) is 3.06. The molecule has 0 saturated heterocycles. The van der Waals surface area contributed by atoms with Gasteiger partial charge in [-0.3, -0.25) is 9.89 Å². The first-order chi connectivity index (χ1) is 7.11. The number of carbonyl (C=O) groups is 1. The number of rotatable bonds is 5. The van der Waals surface area contributed by atoms with Gasteiger partial charge in [-0.2, -0.15) is 5.10 Å². The molecule has 1 heterocycles. The Balaban J connectivity index is 2.47. The van der Waals surface area contributed by atoms with Crippen molar-refractivity contribution in [1.29, 1.82) is 0 Å². The molecule has 84 valence electrons. The molecule has 0 radical (unpaired) electrons. The molecule has 15 heavy (non-hydrogen) atoms. The van der Waals surface area contributed by atoms with Gasteiger partial charge in [-0.1, -0.05) is 13.8 Å². The second-order valence-corrected chi connectivity index (χ2v) is 3.72. The lowest BCUT2D eigenvalue weighted by Crippen LogP contribution is -2.49. The van der Waals surface area contributed by atoms with Crippen LogP contribution in [0, 0.1) is 0 Å². The quantitative estimate of drug-likeness (QED) is 0.667. The Morgan fingerprint density at radius 1 is 1.60 bits per heavy atom. The summed E-state index contributed by atoms with van der Waals surface area (Å²) in [5.41, 5.74) is 6.21. The highest BCUT2D eigenvalue weighted by Gasteiger charge is 2.21. The molecule has 0 bridgehead atoms. The zero-order valence-corrected chi connectivity index (χ0v) is 9.21. The van der Waals surface area contributed by atoms with Gasteiger partial charge in [-0.05, 0) is 18.9 Å². The molecule has 5 nitrogen and oxygen atoms in total. The van der Waals surface area contributed by atoms with Crippen LogP contribution in [0.3, 0.4) is 0 Å². The molecule has 1 aromatic heterocycles. The van der Waals surface area contributed by atoms with Gasteiger partial charge in [0.25, 0.3) is 5.91 Å². The van der Waals surface area contributed by atoms with Crippen LogP contribution in [-0.4, -0.2) is 28.2 Å². The molecule has 0 aliphatic carbocycles. The van der Waals surface area contributed by atoms with Crippen LogP contribution in [0.1, 0.15) is 37.2 Å². The van der Waals surface area contributed by atoms with E-state index in [2.05, 4.69) is 15.5 Å². The van der Waals surface area contributed by atoms with Gasteiger partial charge in [0.1, 0.15) is 5.69 Å². The summed E-state index contributed by atoms with van der Waals surface area (Å²) in [6.07, 6.45) is 3.23. The van der Waals surface area contributed by atoms with Crippen molar-refractivity contribution in [2.24, 2.45) is 5.73 Å². The SMILES string of the molecule is CCC(N)(CC)CNC(=O)c1ccn[nH]1. The maximum Gasteiger partial charge on any atom is 0.269 e. The van der Waals surface area contributed by atoms with E-state index in [1.165, 1.54) is 0 Å². The maximum absolute atomic E-state index is 11.5. The van der Waals surface area contributed by atoms with Gasteiger partial charge < -0.3 is 11.1 Å². The average Bonchev–Trinajstić information content (AvgIpc) is 2.79. The van der Waals surface area contributed by atoms with Crippen LogP contribution in [0.25, 0.3) is 0 Å². The topological polar surface area (TPSA) is 83.8 Å². The molecule has 0 unspecified atom stereocenters. The van der Waals surface area contributed by atoms with E-state index < -0.39 is 0 Å². The minimum Gasteiger partial charge on any atom is -0.349 e. The van der Waals surface area contributed by atoms with Crippen LogP contribution in [0.15, 0.2) is 12.3 Å². The number of hydrogen-bond acceptors (Lipinski definition) is 3. The van der Waals surface area contributed by atoms with E-state index in [0.717, 1.165) is 12.8 Å². The monoisotopic (exact) mass is 210 g/mol. The fourth-order valence-electron chi connectivity index (χ4n) is 1.23. The van der Waals surface area contributed by atoms with Crippen molar-refractivity contribution < 1.29 is 4.79 Å². The molecule has 5 heteroatoms. The van der Waals surface area contributed by atoms with Crippen molar-refractivity contribution in [2.75, 3.05) is 6.54 Å². The van der Waals surface area contributed by atoms with Gasteiger partial charge in [-0.15, -0.1) is 0 Å². The summed E-state index contributed by atoms with van der Waals surface area (Å²) in [4.78, 5) is 11.5. The number of amides is 1. The molecule has 0 atom stereocenters. The van der Waals surface area contributed by atoms with E-state index in [1.54, 1.807) is 12.3 Å². The summed E-state index contributed by atoms with van der Waals surface area (Å²) in [6.45, 7) is 4.52. The van der Waals surface area contributed by atoms with Crippen LogP contribution in [0.2, 0.25) is 0 Å². The van der Waals surface area contributed by atoms with Gasteiger partial charge in [0.15, 0.2) is 0 Å². The third-order valence-corrected chi connectivity index (χ3v) is 2.75. The van der Waals surface area contributed by atoms with Crippen LogP contribution in [-0.2, 0) is 0 Å². The highest BCUT2D eigenvalue weighted by molar-refractivity contribution is 5.92. The Bertz CT molecular complexity index is 303. The molecule has 1 amide bonds. The predicted molar refractivity (Wildman–Crippen MR) is 58.4 cm³/mol. The van der Waals surface area contributed by atoms with E-state index in [9.17, 15) is 4.79 Å². The number of nitrogens with two attached hydrogens (primary N) is 1. The fourth-order valence-corrected chi connectivity index (χ4v) is 1.23. The fraction of sp³-hybridized carbons (Fsp3) is 0.600. The van der Waals surface area contributed by atoms with Gasteiger partial charge in [0, 0.05) is 18.3 Å². The van der Waals surface area contributed by atoms with Gasteiger partial charge >= 0.3 is 0 Å². The molecule has 0 spiro atoms. The molecule has 1 rings (SSSR count). The van der Waals surface area contributed by atoms with E-state index in [1.807, 2.05) is 13.8 Å². The minimum atomic E-state index is -0.310. The second-order valence-electron chi connectivity index (χ2n) is 3.72. The average molecular weight is 210 g/mol. The molecule has 0 aromatic carbocycles. The predicted octanol–water partition coefficient (Wildman–Crippen LogP) is 0.657. The summed E-state index contributed by atoms with van der Waals surface area (Å²) >= 11 is 0. The van der Waals surface area contributed by atoms with Crippen molar-refractivity contribution in [1.82, 2.24) is 15.5 Å². The van der Waals surface area contributed by atoms with E-state index in [0.29, 0.717) is 12.2 Å². The largest absolute Gasteiger partial charge is 0.349 e. The number of aromatic amines is 1. The van der Waals surface area contributed by atoms with Crippen molar-refractivity contribution in [3.05, 3.63) is 18.0 Å². The van der Waals surface area contributed by atoms with E-state index in [-0.39, 0.29) is 11.4 Å². The zero-order valence-electron chi connectivity index (χ0n) is 9.21. The van der Waals surface area contributed by atoms with Crippen LogP contribution >= 0.6 is 0 Å². The first-order valence-electron chi connectivity index (χ1n) is 5.18. The Hall–Kier alpha value is -1.36. The lowest BCUT2D eigenvalue weighted by Gasteiger charge is -2.26. The standard InChI is InChI=1S/C10H18N4O/c1-3-10(11,4-2)7-12-9(15)8-5-6-13-14-8/h5-6H,3-4,7,11H2,1-2H3,(H,12,15)(H,13,14). The molecule has 0 aliphatic heterocycles.